The number of hydrogen-bond acceptors (Lipinski definition) is 6. The molecule has 0 aliphatic heterocycles. The summed E-state index contributed by atoms with van der Waals surface area (Å²) >= 11 is 0. The van der Waals surface area contributed by atoms with Crippen molar-refractivity contribution >= 4 is 28.4 Å². The van der Waals surface area contributed by atoms with Crippen molar-refractivity contribution in [1.82, 2.24) is 9.97 Å². The minimum absolute atomic E-state index is 0.323. The predicted molar refractivity (Wildman–Crippen MR) is 78.8 cm³/mol. The number of benzene rings is 1. The number of anilines is 2. The summed E-state index contributed by atoms with van der Waals surface area (Å²) in [6.07, 6.45) is 1.50. The van der Waals surface area contributed by atoms with Gasteiger partial charge in [0.2, 0.25) is 0 Å². The smallest absolute Gasteiger partial charge is 0.330 e. The van der Waals surface area contributed by atoms with E-state index in [2.05, 4.69) is 20.6 Å². The molecule has 2 aromatic rings. The lowest BCUT2D eigenvalue weighted by atomic mass is 10.1. The van der Waals surface area contributed by atoms with Crippen molar-refractivity contribution in [2.75, 3.05) is 24.8 Å². The average Bonchev–Trinajstić information content (AvgIpc) is 2.44. The predicted octanol–water partition coefficient (Wildman–Crippen LogP) is 2.04. The first-order chi connectivity index (χ1) is 9.47. The average molecular weight is 274 g/mol. The molecule has 0 unspecified atom stereocenters. The van der Waals surface area contributed by atoms with Gasteiger partial charge in [0, 0.05) is 18.1 Å². The van der Waals surface area contributed by atoms with Crippen molar-refractivity contribution in [3.8, 4) is 0 Å². The van der Waals surface area contributed by atoms with E-state index in [0.29, 0.717) is 0 Å². The van der Waals surface area contributed by atoms with Crippen molar-refractivity contribution in [2.45, 2.75) is 19.4 Å². The first kappa shape index (κ1) is 14.0. The number of nitrogens with one attached hydrogen (secondary N) is 2. The van der Waals surface area contributed by atoms with Gasteiger partial charge in [-0.1, -0.05) is 0 Å². The molecular weight excluding hydrogens is 256 g/mol. The fourth-order valence-electron chi connectivity index (χ4n) is 2.00. The lowest BCUT2D eigenvalue weighted by molar-refractivity contribution is -0.144. The summed E-state index contributed by atoms with van der Waals surface area (Å²) in [5.41, 5.74) is 0.796. The fourth-order valence-corrected chi connectivity index (χ4v) is 2.00. The second kappa shape index (κ2) is 5.32. The number of nitrogens with zero attached hydrogens (tertiary/aromatic N) is 2. The molecular formula is C14H18N4O2. The van der Waals surface area contributed by atoms with Crippen molar-refractivity contribution in [1.29, 1.82) is 0 Å². The van der Waals surface area contributed by atoms with E-state index in [4.69, 9.17) is 4.74 Å². The summed E-state index contributed by atoms with van der Waals surface area (Å²) in [4.78, 5) is 20.1. The molecule has 20 heavy (non-hydrogen) atoms. The lowest BCUT2D eigenvalue weighted by Gasteiger charge is -2.24. The molecule has 0 aliphatic rings. The van der Waals surface area contributed by atoms with Crippen LogP contribution in [0.25, 0.3) is 10.9 Å². The number of carbonyl (C=O) groups is 1. The Morgan fingerprint density at radius 2 is 2.05 bits per heavy atom. The molecule has 2 N–H and O–H groups in total. The third kappa shape index (κ3) is 2.64. The summed E-state index contributed by atoms with van der Waals surface area (Å²) in [5.74, 6) is 0.449. The Morgan fingerprint density at radius 1 is 1.30 bits per heavy atom. The largest absolute Gasteiger partial charge is 0.467 e. The Hall–Kier alpha value is -2.37. The van der Waals surface area contributed by atoms with Gasteiger partial charge < -0.3 is 15.4 Å². The molecule has 6 nitrogen and oxygen atoms in total. The zero-order valence-corrected chi connectivity index (χ0v) is 12.0. The molecule has 1 aromatic carbocycles. The Kier molecular flexibility index (Phi) is 3.74. The van der Waals surface area contributed by atoms with Gasteiger partial charge in [-0.3, -0.25) is 0 Å². The Morgan fingerprint density at radius 3 is 2.70 bits per heavy atom. The van der Waals surface area contributed by atoms with Crippen molar-refractivity contribution in [3.05, 3.63) is 24.5 Å². The summed E-state index contributed by atoms with van der Waals surface area (Å²) < 4.78 is 4.77. The Balaban J connectivity index is 2.36. The molecule has 0 atom stereocenters. The summed E-state index contributed by atoms with van der Waals surface area (Å²) in [7, 11) is 3.19. The lowest BCUT2D eigenvalue weighted by Crippen LogP contribution is -2.41. The number of methoxy groups -OCH3 is 1. The third-order valence-electron chi connectivity index (χ3n) is 3.03. The Bertz CT molecular complexity index is 640. The van der Waals surface area contributed by atoms with E-state index in [1.54, 1.807) is 13.8 Å². The van der Waals surface area contributed by atoms with Gasteiger partial charge in [0.25, 0.3) is 0 Å². The molecule has 106 valence electrons. The van der Waals surface area contributed by atoms with Crippen LogP contribution in [0.15, 0.2) is 24.5 Å². The molecule has 0 saturated heterocycles. The van der Waals surface area contributed by atoms with Gasteiger partial charge in [0.15, 0.2) is 0 Å². The van der Waals surface area contributed by atoms with Crippen LogP contribution in [0.5, 0.6) is 0 Å². The number of carbonyl (C=O) groups excluding carboxylic acids is 1. The van der Waals surface area contributed by atoms with Crippen LogP contribution in [-0.2, 0) is 9.53 Å². The Labute approximate surface area is 117 Å². The van der Waals surface area contributed by atoms with Crippen molar-refractivity contribution < 1.29 is 9.53 Å². The molecule has 1 heterocycles. The number of hydrogen-bond donors (Lipinski definition) is 2. The maximum absolute atomic E-state index is 11.7. The SMILES string of the molecule is CNc1ncnc2cc(NC(C)(C)C(=O)OC)ccc12. The monoisotopic (exact) mass is 274 g/mol. The number of esters is 1. The van der Waals surface area contributed by atoms with Crippen LogP contribution in [-0.4, -0.2) is 35.6 Å². The highest BCUT2D eigenvalue weighted by molar-refractivity contribution is 5.92. The zero-order chi connectivity index (χ0) is 14.8. The molecule has 2 rings (SSSR count). The molecule has 6 heteroatoms. The van der Waals surface area contributed by atoms with E-state index < -0.39 is 5.54 Å². The van der Waals surface area contributed by atoms with Crippen LogP contribution in [0.3, 0.4) is 0 Å². The molecule has 0 amide bonds. The quantitative estimate of drug-likeness (QED) is 0.831. The van der Waals surface area contributed by atoms with Crippen LogP contribution in [0.4, 0.5) is 11.5 Å². The number of ether oxygens (including phenoxy) is 1. The molecule has 0 spiro atoms. The van der Waals surface area contributed by atoms with Crippen LogP contribution < -0.4 is 10.6 Å². The minimum atomic E-state index is -0.804. The highest BCUT2D eigenvalue weighted by Gasteiger charge is 2.28. The summed E-state index contributed by atoms with van der Waals surface area (Å²) in [5, 5.41) is 7.09. The van der Waals surface area contributed by atoms with Crippen molar-refractivity contribution in [2.24, 2.45) is 0 Å². The minimum Gasteiger partial charge on any atom is -0.467 e. The van der Waals surface area contributed by atoms with E-state index in [9.17, 15) is 4.79 Å². The van der Waals surface area contributed by atoms with Crippen molar-refractivity contribution in [3.63, 3.8) is 0 Å². The van der Waals surface area contributed by atoms with E-state index in [-0.39, 0.29) is 5.97 Å². The van der Waals surface area contributed by atoms with E-state index >= 15 is 0 Å². The van der Waals surface area contributed by atoms with Crippen LogP contribution >= 0.6 is 0 Å². The molecule has 0 saturated carbocycles. The summed E-state index contributed by atoms with van der Waals surface area (Å²) in [6.45, 7) is 3.53. The topological polar surface area (TPSA) is 76.1 Å². The van der Waals surface area contributed by atoms with Gasteiger partial charge in [0.1, 0.15) is 17.7 Å². The first-order valence-corrected chi connectivity index (χ1v) is 6.27. The van der Waals surface area contributed by atoms with Crippen LogP contribution in [0, 0.1) is 0 Å². The maximum atomic E-state index is 11.7. The first-order valence-electron chi connectivity index (χ1n) is 6.27. The van der Waals surface area contributed by atoms with Gasteiger partial charge >= 0.3 is 5.97 Å². The standard InChI is InChI=1S/C14H18N4O2/c1-14(2,13(19)20-4)18-9-5-6-10-11(7-9)16-8-17-12(10)15-3/h5-8,18H,1-4H3,(H,15,16,17). The van der Waals surface area contributed by atoms with Crippen LogP contribution in [0.2, 0.25) is 0 Å². The van der Waals surface area contributed by atoms with E-state index in [1.807, 2.05) is 25.2 Å². The zero-order valence-electron chi connectivity index (χ0n) is 12.0. The second-order valence-corrected chi connectivity index (χ2v) is 4.95. The second-order valence-electron chi connectivity index (χ2n) is 4.95. The van der Waals surface area contributed by atoms with Gasteiger partial charge in [-0.25, -0.2) is 14.8 Å². The third-order valence-corrected chi connectivity index (χ3v) is 3.03. The number of rotatable bonds is 4. The van der Waals surface area contributed by atoms with Gasteiger partial charge in [-0.15, -0.1) is 0 Å². The molecule has 1 aromatic heterocycles. The highest BCUT2D eigenvalue weighted by atomic mass is 16.5. The normalized spacial score (nSPS) is 11.2. The number of fused-ring (bicyclic) bond motifs is 1. The van der Waals surface area contributed by atoms with Gasteiger partial charge in [-0.2, -0.15) is 0 Å². The molecule has 0 fully saturated rings. The fraction of sp³-hybridized carbons (Fsp3) is 0.357. The van der Waals surface area contributed by atoms with E-state index in [1.165, 1.54) is 13.4 Å². The van der Waals surface area contributed by atoms with Crippen LogP contribution in [0.1, 0.15) is 13.8 Å². The van der Waals surface area contributed by atoms with E-state index in [0.717, 1.165) is 22.4 Å². The summed E-state index contributed by atoms with van der Waals surface area (Å²) in [6, 6.07) is 5.68. The molecule has 0 radical (unpaired) electrons. The number of aromatic nitrogens is 2. The van der Waals surface area contributed by atoms with Gasteiger partial charge in [-0.05, 0) is 32.0 Å². The molecule has 0 aliphatic carbocycles. The highest BCUT2D eigenvalue weighted by Crippen LogP contribution is 2.24. The molecule has 0 bridgehead atoms. The maximum Gasteiger partial charge on any atom is 0.330 e. The van der Waals surface area contributed by atoms with Gasteiger partial charge in [0.05, 0.1) is 12.6 Å².